The molecule has 8 heteroatoms. The molecule has 150 valence electrons. The van der Waals surface area contributed by atoms with E-state index in [9.17, 15) is 14.4 Å². The summed E-state index contributed by atoms with van der Waals surface area (Å²) < 4.78 is 4.83. The number of hydrogen-bond donors (Lipinski definition) is 2. The highest BCUT2D eigenvalue weighted by molar-refractivity contribution is 5.90. The van der Waals surface area contributed by atoms with Crippen molar-refractivity contribution in [2.75, 3.05) is 7.11 Å². The van der Waals surface area contributed by atoms with Crippen LogP contribution in [-0.4, -0.2) is 46.9 Å². The predicted octanol–water partition coefficient (Wildman–Crippen LogP) is 1.38. The quantitative estimate of drug-likeness (QED) is 0.663. The maximum atomic E-state index is 12.7. The standard InChI is InChI=1S/C20H26N4O4/c1-12(2)9-17(22-13(3)25)19(26)24-18(20(27)28-4)10-14-11-21-15-7-5-6-8-16(15)23-14/h5-8,11-12,17-18H,9-10H2,1-4H3,(H,22,25)(H,24,26)/t17-,18+/m0/s1. The lowest BCUT2D eigenvalue weighted by atomic mass is 10.0. The maximum Gasteiger partial charge on any atom is 0.328 e. The van der Waals surface area contributed by atoms with Crippen LogP contribution in [0.15, 0.2) is 30.5 Å². The first-order valence-corrected chi connectivity index (χ1v) is 9.16. The number of nitrogens with zero attached hydrogens (tertiary/aromatic N) is 2. The van der Waals surface area contributed by atoms with Crippen molar-refractivity contribution >= 4 is 28.8 Å². The molecule has 1 aromatic heterocycles. The molecule has 28 heavy (non-hydrogen) atoms. The summed E-state index contributed by atoms with van der Waals surface area (Å²) in [6.07, 6.45) is 2.16. The average molecular weight is 386 g/mol. The fraction of sp³-hybridized carbons (Fsp3) is 0.450. The lowest BCUT2D eigenvalue weighted by Crippen LogP contribution is -2.52. The van der Waals surface area contributed by atoms with Crippen LogP contribution in [-0.2, 0) is 25.5 Å². The SMILES string of the molecule is COC(=O)[C@@H](Cc1cnc2ccccc2n1)NC(=O)[C@H](CC(C)C)NC(C)=O. The van der Waals surface area contributed by atoms with Crippen molar-refractivity contribution in [2.24, 2.45) is 5.92 Å². The number of esters is 1. The Kier molecular flexibility index (Phi) is 7.43. The molecule has 0 aliphatic rings. The van der Waals surface area contributed by atoms with Gasteiger partial charge in [-0.2, -0.15) is 0 Å². The van der Waals surface area contributed by atoms with Crippen LogP contribution < -0.4 is 10.6 Å². The van der Waals surface area contributed by atoms with Crippen molar-refractivity contribution in [1.82, 2.24) is 20.6 Å². The summed E-state index contributed by atoms with van der Waals surface area (Å²) in [6, 6.07) is 5.72. The van der Waals surface area contributed by atoms with E-state index in [4.69, 9.17) is 4.74 Å². The van der Waals surface area contributed by atoms with Crippen molar-refractivity contribution in [3.05, 3.63) is 36.2 Å². The normalized spacial score (nSPS) is 13.0. The van der Waals surface area contributed by atoms with Crippen molar-refractivity contribution in [3.63, 3.8) is 0 Å². The fourth-order valence-corrected chi connectivity index (χ4v) is 2.86. The number of ether oxygens (including phenoxy) is 1. The molecule has 0 bridgehead atoms. The van der Waals surface area contributed by atoms with Gasteiger partial charge in [0.05, 0.1) is 23.8 Å². The summed E-state index contributed by atoms with van der Waals surface area (Å²) >= 11 is 0. The summed E-state index contributed by atoms with van der Waals surface area (Å²) in [7, 11) is 1.26. The van der Waals surface area contributed by atoms with Gasteiger partial charge in [-0.1, -0.05) is 26.0 Å². The molecule has 2 aromatic rings. The second kappa shape index (κ2) is 9.77. The topological polar surface area (TPSA) is 110 Å². The van der Waals surface area contributed by atoms with Gasteiger partial charge in [0.2, 0.25) is 11.8 Å². The molecule has 0 unspecified atom stereocenters. The molecule has 2 N–H and O–H groups in total. The van der Waals surface area contributed by atoms with Gasteiger partial charge < -0.3 is 15.4 Å². The third kappa shape index (κ3) is 6.00. The Morgan fingerprint density at radius 3 is 2.36 bits per heavy atom. The number of carbonyl (C=O) groups is 3. The lowest BCUT2D eigenvalue weighted by molar-refractivity contribution is -0.145. The molecule has 2 rings (SSSR count). The zero-order chi connectivity index (χ0) is 20.7. The molecule has 0 aliphatic carbocycles. The number of aromatic nitrogens is 2. The molecular weight excluding hydrogens is 360 g/mol. The van der Waals surface area contributed by atoms with Gasteiger partial charge in [-0.3, -0.25) is 14.6 Å². The van der Waals surface area contributed by atoms with Crippen LogP contribution in [0.1, 0.15) is 32.9 Å². The minimum absolute atomic E-state index is 0.130. The first-order chi connectivity index (χ1) is 13.3. The minimum atomic E-state index is -0.934. The summed E-state index contributed by atoms with van der Waals surface area (Å²) in [5.41, 5.74) is 1.99. The van der Waals surface area contributed by atoms with Crippen LogP contribution in [0.3, 0.4) is 0 Å². The van der Waals surface area contributed by atoms with Gasteiger partial charge in [0.15, 0.2) is 0 Å². The Balaban J connectivity index is 2.18. The van der Waals surface area contributed by atoms with E-state index in [1.54, 1.807) is 6.20 Å². The molecule has 2 atom stereocenters. The summed E-state index contributed by atoms with van der Waals surface area (Å²) in [5, 5.41) is 5.31. The number of fused-ring (bicyclic) bond motifs is 1. The highest BCUT2D eigenvalue weighted by atomic mass is 16.5. The summed E-state index contributed by atoms with van der Waals surface area (Å²) in [6.45, 7) is 5.25. The molecule has 0 spiro atoms. The third-order valence-corrected chi connectivity index (χ3v) is 4.11. The highest BCUT2D eigenvalue weighted by Gasteiger charge is 2.28. The Labute approximate surface area is 164 Å². The van der Waals surface area contributed by atoms with Crippen LogP contribution in [0.5, 0.6) is 0 Å². The first kappa shape index (κ1) is 21.3. The van der Waals surface area contributed by atoms with E-state index in [2.05, 4.69) is 20.6 Å². The van der Waals surface area contributed by atoms with Crippen LogP contribution >= 0.6 is 0 Å². The van der Waals surface area contributed by atoms with E-state index in [0.717, 1.165) is 5.52 Å². The maximum absolute atomic E-state index is 12.7. The molecule has 0 radical (unpaired) electrons. The average Bonchev–Trinajstić information content (AvgIpc) is 2.65. The number of para-hydroxylation sites is 2. The van der Waals surface area contributed by atoms with Gasteiger partial charge in [0, 0.05) is 19.5 Å². The minimum Gasteiger partial charge on any atom is -0.467 e. The van der Waals surface area contributed by atoms with Crippen LogP contribution in [0, 0.1) is 5.92 Å². The number of hydrogen-bond acceptors (Lipinski definition) is 6. The molecule has 1 heterocycles. The summed E-state index contributed by atoms with van der Waals surface area (Å²) in [4.78, 5) is 45.1. The van der Waals surface area contributed by atoms with Gasteiger partial charge >= 0.3 is 5.97 Å². The second-order valence-electron chi connectivity index (χ2n) is 7.02. The van der Waals surface area contributed by atoms with Crippen molar-refractivity contribution in [1.29, 1.82) is 0 Å². The number of methoxy groups -OCH3 is 1. The van der Waals surface area contributed by atoms with Crippen molar-refractivity contribution < 1.29 is 19.1 Å². The van der Waals surface area contributed by atoms with Gasteiger partial charge in [0.25, 0.3) is 0 Å². The number of benzene rings is 1. The summed E-state index contributed by atoms with van der Waals surface area (Å²) in [5.74, 6) is -1.15. The molecule has 8 nitrogen and oxygen atoms in total. The lowest BCUT2D eigenvalue weighted by Gasteiger charge is -2.23. The molecular formula is C20H26N4O4. The Morgan fingerprint density at radius 2 is 1.75 bits per heavy atom. The zero-order valence-electron chi connectivity index (χ0n) is 16.6. The monoisotopic (exact) mass is 386 g/mol. The third-order valence-electron chi connectivity index (χ3n) is 4.11. The smallest absolute Gasteiger partial charge is 0.328 e. The molecule has 0 saturated carbocycles. The number of nitrogens with one attached hydrogen (secondary N) is 2. The molecule has 1 aromatic carbocycles. The van der Waals surface area contributed by atoms with E-state index in [1.807, 2.05) is 38.1 Å². The fourth-order valence-electron chi connectivity index (χ4n) is 2.86. The Hall–Kier alpha value is -3.03. The van der Waals surface area contributed by atoms with Gasteiger partial charge in [-0.05, 0) is 24.5 Å². The second-order valence-corrected chi connectivity index (χ2v) is 7.02. The van der Waals surface area contributed by atoms with Crippen molar-refractivity contribution in [2.45, 2.75) is 45.7 Å². The zero-order valence-corrected chi connectivity index (χ0v) is 16.6. The van der Waals surface area contributed by atoms with E-state index in [1.165, 1.54) is 14.0 Å². The number of rotatable bonds is 8. The number of carbonyl (C=O) groups excluding carboxylic acids is 3. The van der Waals surface area contributed by atoms with Gasteiger partial charge in [-0.15, -0.1) is 0 Å². The van der Waals surface area contributed by atoms with E-state index >= 15 is 0 Å². The Bertz CT molecular complexity index is 853. The van der Waals surface area contributed by atoms with E-state index in [0.29, 0.717) is 17.6 Å². The van der Waals surface area contributed by atoms with Gasteiger partial charge in [-0.25, -0.2) is 9.78 Å². The molecule has 0 fully saturated rings. The van der Waals surface area contributed by atoms with Crippen LogP contribution in [0.2, 0.25) is 0 Å². The molecule has 0 saturated heterocycles. The number of amides is 2. The van der Waals surface area contributed by atoms with Crippen molar-refractivity contribution in [3.8, 4) is 0 Å². The van der Waals surface area contributed by atoms with E-state index < -0.39 is 24.0 Å². The molecule has 0 aliphatic heterocycles. The first-order valence-electron chi connectivity index (χ1n) is 9.16. The van der Waals surface area contributed by atoms with Crippen LogP contribution in [0.25, 0.3) is 11.0 Å². The molecule has 2 amide bonds. The predicted molar refractivity (Wildman–Crippen MR) is 104 cm³/mol. The van der Waals surface area contributed by atoms with E-state index in [-0.39, 0.29) is 18.2 Å². The largest absolute Gasteiger partial charge is 0.467 e. The highest BCUT2D eigenvalue weighted by Crippen LogP contribution is 2.11. The Morgan fingerprint density at radius 1 is 1.07 bits per heavy atom. The van der Waals surface area contributed by atoms with Gasteiger partial charge in [0.1, 0.15) is 12.1 Å². The van der Waals surface area contributed by atoms with Crippen LogP contribution in [0.4, 0.5) is 0 Å².